The standard InChI is InChI=1S/C14H18F2O4/c1-18-5-2-6-19-7-8-20-10-14(17)12-9-11(15)3-4-13(12)16/h3-4,9H,2,5-8,10H2,1H3. The van der Waals surface area contributed by atoms with Gasteiger partial charge in [-0.3, -0.25) is 4.79 Å². The second-order valence-corrected chi connectivity index (χ2v) is 4.06. The first-order valence-corrected chi connectivity index (χ1v) is 6.28. The largest absolute Gasteiger partial charge is 0.385 e. The van der Waals surface area contributed by atoms with E-state index in [0.717, 1.165) is 24.6 Å². The highest BCUT2D eigenvalue weighted by atomic mass is 19.1. The molecule has 20 heavy (non-hydrogen) atoms. The molecule has 0 heterocycles. The van der Waals surface area contributed by atoms with Crippen molar-refractivity contribution in [3.8, 4) is 0 Å². The van der Waals surface area contributed by atoms with Crippen LogP contribution < -0.4 is 0 Å². The first kappa shape index (κ1) is 16.7. The number of carbonyl (C=O) groups is 1. The highest BCUT2D eigenvalue weighted by Gasteiger charge is 2.12. The summed E-state index contributed by atoms with van der Waals surface area (Å²) < 4.78 is 41.3. The topological polar surface area (TPSA) is 44.8 Å². The molecule has 0 aliphatic rings. The number of benzene rings is 1. The predicted octanol–water partition coefficient (Wildman–Crippen LogP) is 2.22. The molecule has 0 fully saturated rings. The van der Waals surface area contributed by atoms with Crippen molar-refractivity contribution in [2.45, 2.75) is 6.42 Å². The number of hydrogen-bond acceptors (Lipinski definition) is 4. The van der Waals surface area contributed by atoms with Crippen LogP contribution in [-0.2, 0) is 14.2 Å². The van der Waals surface area contributed by atoms with E-state index < -0.39 is 17.4 Å². The molecule has 0 radical (unpaired) electrons. The van der Waals surface area contributed by atoms with E-state index in [2.05, 4.69) is 0 Å². The van der Waals surface area contributed by atoms with Gasteiger partial charge >= 0.3 is 0 Å². The normalized spacial score (nSPS) is 10.8. The third-order valence-electron chi connectivity index (χ3n) is 2.47. The molecule has 0 saturated heterocycles. The molecule has 0 aliphatic heterocycles. The number of halogens is 2. The molecule has 4 nitrogen and oxygen atoms in total. The summed E-state index contributed by atoms with van der Waals surface area (Å²) in [6.07, 6.45) is 0.782. The third-order valence-corrected chi connectivity index (χ3v) is 2.47. The van der Waals surface area contributed by atoms with E-state index >= 15 is 0 Å². The van der Waals surface area contributed by atoms with Crippen molar-refractivity contribution < 1.29 is 27.8 Å². The van der Waals surface area contributed by atoms with Crippen LogP contribution in [0.5, 0.6) is 0 Å². The first-order chi connectivity index (χ1) is 9.65. The lowest BCUT2D eigenvalue weighted by molar-refractivity contribution is 0.0380. The fraction of sp³-hybridized carbons (Fsp3) is 0.500. The van der Waals surface area contributed by atoms with Crippen LogP contribution in [0.3, 0.4) is 0 Å². The molecular weight excluding hydrogens is 270 g/mol. The monoisotopic (exact) mass is 288 g/mol. The Kier molecular flexibility index (Phi) is 7.94. The predicted molar refractivity (Wildman–Crippen MR) is 68.8 cm³/mol. The lowest BCUT2D eigenvalue weighted by atomic mass is 10.1. The zero-order valence-electron chi connectivity index (χ0n) is 11.4. The van der Waals surface area contributed by atoms with Gasteiger partial charge in [-0.2, -0.15) is 0 Å². The number of carbonyl (C=O) groups excluding carboxylic acids is 1. The number of methoxy groups -OCH3 is 1. The van der Waals surface area contributed by atoms with Gasteiger partial charge < -0.3 is 14.2 Å². The average Bonchev–Trinajstić information content (AvgIpc) is 2.44. The van der Waals surface area contributed by atoms with Crippen molar-refractivity contribution >= 4 is 5.78 Å². The fourth-order valence-electron chi connectivity index (χ4n) is 1.48. The quantitative estimate of drug-likeness (QED) is 0.489. The van der Waals surface area contributed by atoms with Crippen LogP contribution in [0.1, 0.15) is 16.8 Å². The minimum Gasteiger partial charge on any atom is -0.385 e. The Labute approximate surface area is 116 Å². The SMILES string of the molecule is COCCCOCCOCC(=O)c1cc(F)ccc1F. The summed E-state index contributed by atoms with van der Waals surface area (Å²) in [6.45, 7) is 1.42. The molecule has 1 aromatic carbocycles. The van der Waals surface area contributed by atoms with Crippen molar-refractivity contribution in [2.24, 2.45) is 0 Å². The van der Waals surface area contributed by atoms with Crippen LogP contribution in [0.15, 0.2) is 18.2 Å². The number of rotatable bonds is 10. The van der Waals surface area contributed by atoms with E-state index in [1.54, 1.807) is 7.11 Å². The summed E-state index contributed by atoms with van der Waals surface area (Å²) in [5.41, 5.74) is -0.300. The fourth-order valence-corrected chi connectivity index (χ4v) is 1.48. The van der Waals surface area contributed by atoms with E-state index in [0.29, 0.717) is 19.8 Å². The first-order valence-electron chi connectivity index (χ1n) is 6.28. The summed E-state index contributed by atoms with van der Waals surface area (Å²) in [5.74, 6) is -2.01. The van der Waals surface area contributed by atoms with Gasteiger partial charge in [-0.1, -0.05) is 0 Å². The summed E-state index contributed by atoms with van der Waals surface area (Å²) in [4.78, 5) is 11.6. The van der Waals surface area contributed by atoms with Crippen molar-refractivity contribution in [3.63, 3.8) is 0 Å². The molecule has 0 unspecified atom stereocenters. The number of Topliss-reactive ketones (excluding diaryl/α,β-unsaturated/α-hetero) is 1. The Morgan fingerprint density at radius 3 is 2.60 bits per heavy atom. The zero-order chi connectivity index (χ0) is 14.8. The second-order valence-electron chi connectivity index (χ2n) is 4.06. The average molecular weight is 288 g/mol. The van der Waals surface area contributed by atoms with Gasteiger partial charge in [0.25, 0.3) is 0 Å². The van der Waals surface area contributed by atoms with Gasteiger partial charge in [-0.15, -0.1) is 0 Å². The molecular formula is C14H18F2O4. The van der Waals surface area contributed by atoms with E-state index in [1.165, 1.54) is 0 Å². The maximum atomic E-state index is 13.3. The molecule has 0 spiro atoms. The zero-order valence-corrected chi connectivity index (χ0v) is 11.4. The van der Waals surface area contributed by atoms with Crippen molar-refractivity contribution in [1.29, 1.82) is 0 Å². The van der Waals surface area contributed by atoms with Crippen molar-refractivity contribution in [3.05, 3.63) is 35.4 Å². The Morgan fingerprint density at radius 1 is 1.10 bits per heavy atom. The second kappa shape index (κ2) is 9.52. The van der Waals surface area contributed by atoms with E-state index in [-0.39, 0.29) is 18.8 Å². The Morgan fingerprint density at radius 2 is 1.85 bits per heavy atom. The van der Waals surface area contributed by atoms with Gasteiger partial charge in [0.05, 0.1) is 18.8 Å². The van der Waals surface area contributed by atoms with Crippen LogP contribution in [0, 0.1) is 11.6 Å². The third kappa shape index (κ3) is 6.18. The summed E-state index contributed by atoms with van der Waals surface area (Å²) in [6, 6.07) is 2.74. The Hall–Kier alpha value is -1.37. The number of ketones is 1. The molecule has 0 aromatic heterocycles. The van der Waals surface area contributed by atoms with Crippen LogP contribution in [0.2, 0.25) is 0 Å². The summed E-state index contributed by atoms with van der Waals surface area (Å²) in [7, 11) is 1.61. The van der Waals surface area contributed by atoms with E-state index in [4.69, 9.17) is 14.2 Å². The molecule has 6 heteroatoms. The molecule has 0 saturated carbocycles. The molecule has 0 aliphatic carbocycles. The highest BCUT2D eigenvalue weighted by Crippen LogP contribution is 2.10. The summed E-state index contributed by atoms with van der Waals surface area (Å²) >= 11 is 0. The van der Waals surface area contributed by atoms with Crippen LogP contribution in [0.25, 0.3) is 0 Å². The number of ether oxygens (including phenoxy) is 3. The smallest absolute Gasteiger partial charge is 0.191 e. The van der Waals surface area contributed by atoms with Gasteiger partial charge in [0.1, 0.15) is 18.2 Å². The molecule has 0 atom stereocenters. The molecule has 1 aromatic rings. The molecule has 1 rings (SSSR count). The van der Waals surface area contributed by atoms with Crippen LogP contribution in [-0.4, -0.2) is 45.9 Å². The molecule has 0 N–H and O–H groups in total. The van der Waals surface area contributed by atoms with E-state index in [1.807, 2.05) is 0 Å². The van der Waals surface area contributed by atoms with Gasteiger partial charge in [-0.05, 0) is 24.6 Å². The van der Waals surface area contributed by atoms with Crippen molar-refractivity contribution in [1.82, 2.24) is 0 Å². The van der Waals surface area contributed by atoms with Crippen LogP contribution >= 0.6 is 0 Å². The van der Waals surface area contributed by atoms with Gasteiger partial charge in [0.15, 0.2) is 5.78 Å². The number of hydrogen-bond donors (Lipinski definition) is 0. The van der Waals surface area contributed by atoms with Crippen LogP contribution in [0.4, 0.5) is 8.78 Å². The summed E-state index contributed by atoms with van der Waals surface area (Å²) in [5, 5.41) is 0. The maximum absolute atomic E-state index is 13.3. The van der Waals surface area contributed by atoms with E-state index in [9.17, 15) is 13.6 Å². The maximum Gasteiger partial charge on any atom is 0.191 e. The van der Waals surface area contributed by atoms with Gasteiger partial charge in [0.2, 0.25) is 0 Å². The van der Waals surface area contributed by atoms with Gasteiger partial charge in [0, 0.05) is 20.3 Å². The Balaban J connectivity index is 2.18. The molecule has 0 bridgehead atoms. The van der Waals surface area contributed by atoms with Gasteiger partial charge in [-0.25, -0.2) is 8.78 Å². The Bertz CT molecular complexity index is 424. The lowest BCUT2D eigenvalue weighted by Gasteiger charge is -2.06. The molecule has 112 valence electrons. The highest BCUT2D eigenvalue weighted by molar-refractivity contribution is 5.97. The lowest BCUT2D eigenvalue weighted by Crippen LogP contribution is -2.14. The minimum absolute atomic E-state index is 0.218. The minimum atomic E-state index is -0.754. The molecule has 0 amide bonds. The van der Waals surface area contributed by atoms with Crippen molar-refractivity contribution in [2.75, 3.05) is 40.1 Å².